The lowest BCUT2D eigenvalue weighted by molar-refractivity contribution is -0.385. The number of carbonyl (C=O) groups is 1. The molecule has 160 valence electrons. The monoisotopic (exact) mass is 494 g/mol. The van der Waals surface area contributed by atoms with Crippen LogP contribution in [0, 0.1) is 10.1 Å². The number of benzene rings is 3. The Morgan fingerprint density at radius 2 is 1.72 bits per heavy atom. The number of carbonyl (C=O) groups excluding carboxylic acids is 1. The van der Waals surface area contributed by atoms with E-state index in [1.807, 2.05) is 0 Å². The minimum absolute atomic E-state index is 0.0608. The average molecular weight is 495 g/mol. The number of aromatic nitrogens is 1. The van der Waals surface area contributed by atoms with Gasteiger partial charge in [-0.25, -0.2) is 5.43 Å². The van der Waals surface area contributed by atoms with E-state index in [1.165, 1.54) is 0 Å². The topological polar surface area (TPSA) is 127 Å². The number of amides is 1. The maximum Gasteiger partial charge on any atom is 0.271 e. The van der Waals surface area contributed by atoms with Gasteiger partial charge in [0.05, 0.1) is 26.6 Å². The molecule has 0 spiro atoms. The normalized spacial score (nSPS) is 11.3. The SMILES string of the molecule is O=C(Cn1c2ccccc2c(=O)c2ccccc21)N/N=C\c1cc([N+](=O)[O-])cc(Br)c1O. The molecule has 3 aromatic carbocycles. The first-order valence-corrected chi connectivity index (χ1v) is 10.1. The number of non-ortho nitro benzene ring substituents is 1. The number of nitrogens with zero attached hydrogens (tertiary/aromatic N) is 3. The summed E-state index contributed by atoms with van der Waals surface area (Å²) in [5.74, 6) is -0.727. The molecule has 0 saturated carbocycles. The summed E-state index contributed by atoms with van der Waals surface area (Å²) >= 11 is 3.05. The third kappa shape index (κ3) is 3.95. The molecule has 0 saturated heterocycles. The largest absolute Gasteiger partial charge is 0.506 e. The van der Waals surface area contributed by atoms with E-state index >= 15 is 0 Å². The Balaban J connectivity index is 1.64. The number of hydrogen-bond acceptors (Lipinski definition) is 6. The Morgan fingerprint density at radius 1 is 1.12 bits per heavy atom. The zero-order chi connectivity index (χ0) is 22.8. The van der Waals surface area contributed by atoms with Gasteiger partial charge in [0.25, 0.3) is 11.6 Å². The van der Waals surface area contributed by atoms with Crippen LogP contribution in [0.2, 0.25) is 0 Å². The minimum Gasteiger partial charge on any atom is -0.506 e. The molecule has 0 aliphatic rings. The number of aromatic hydroxyl groups is 1. The number of nitro benzene ring substituents is 1. The van der Waals surface area contributed by atoms with Crippen molar-refractivity contribution in [3.8, 4) is 5.75 Å². The van der Waals surface area contributed by atoms with Gasteiger partial charge in [0, 0.05) is 28.5 Å². The predicted octanol–water partition coefficient (Wildman–Crippen LogP) is 3.68. The fourth-order valence-electron chi connectivity index (χ4n) is 3.41. The number of fused-ring (bicyclic) bond motifs is 2. The van der Waals surface area contributed by atoms with E-state index in [0.29, 0.717) is 21.8 Å². The van der Waals surface area contributed by atoms with Crippen molar-refractivity contribution in [1.82, 2.24) is 9.99 Å². The van der Waals surface area contributed by atoms with Crippen LogP contribution < -0.4 is 10.9 Å². The van der Waals surface area contributed by atoms with Crippen LogP contribution in [0.25, 0.3) is 21.8 Å². The second-order valence-corrected chi connectivity index (χ2v) is 7.72. The lowest BCUT2D eigenvalue weighted by atomic mass is 10.1. The van der Waals surface area contributed by atoms with Crippen LogP contribution in [0.5, 0.6) is 5.75 Å². The highest BCUT2D eigenvalue weighted by molar-refractivity contribution is 9.10. The van der Waals surface area contributed by atoms with Gasteiger partial charge in [-0.2, -0.15) is 5.10 Å². The highest BCUT2D eigenvalue weighted by Gasteiger charge is 2.15. The standard InChI is InChI=1S/C22H15BrN4O5/c23-17-10-14(27(31)32)9-13(21(17)29)11-24-25-20(28)12-26-18-7-3-1-5-15(18)22(30)16-6-2-4-8-19(16)26/h1-11,29H,12H2,(H,25,28)/b24-11-. The summed E-state index contributed by atoms with van der Waals surface area (Å²) in [7, 11) is 0. The first-order chi connectivity index (χ1) is 15.4. The van der Waals surface area contributed by atoms with Crippen LogP contribution in [0.3, 0.4) is 0 Å². The van der Waals surface area contributed by atoms with Crippen LogP contribution in [-0.4, -0.2) is 26.7 Å². The van der Waals surface area contributed by atoms with E-state index in [4.69, 9.17) is 0 Å². The Hall–Kier alpha value is -4.05. The Bertz CT molecular complexity index is 1420. The number of hydrazone groups is 1. The van der Waals surface area contributed by atoms with E-state index in [1.54, 1.807) is 53.1 Å². The maximum absolute atomic E-state index is 12.8. The third-order valence-electron chi connectivity index (χ3n) is 4.86. The van der Waals surface area contributed by atoms with Gasteiger partial charge in [-0.1, -0.05) is 24.3 Å². The van der Waals surface area contributed by atoms with Gasteiger partial charge in [-0.15, -0.1) is 0 Å². The molecule has 10 heteroatoms. The molecule has 0 unspecified atom stereocenters. The summed E-state index contributed by atoms with van der Waals surface area (Å²) in [5.41, 5.74) is 3.27. The van der Waals surface area contributed by atoms with Crippen molar-refractivity contribution in [2.45, 2.75) is 6.54 Å². The molecule has 1 amide bonds. The van der Waals surface area contributed by atoms with Crippen molar-refractivity contribution in [1.29, 1.82) is 0 Å². The summed E-state index contributed by atoms with van der Waals surface area (Å²) in [5, 5.41) is 25.9. The first-order valence-electron chi connectivity index (χ1n) is 9.36. The van der Waals surface area contributed by atoms with Crippen LogP contribution in [0.15, 0.2) is 75.0 Å². The molecule has 0 aliphatic carbocycles. The zero-order valence-corrected chi connectivity index (χ0v) is 17.9. The molecule has 1 aromatic heterocycles. The van der Waals surface area contributed by atoms with E-state index in [0.717, 1.165) is 18.3 Å². The van der Waals surface area contributed by atoms with Crippen LogP contribution in [-0.2, 0) is 11.3 Å². The lowest BCUT2D eigenvalue weighted by Gasteiger charge is -2.14. The van der Waals surface area contributed by atoms with Gasteiger partial charge in [-0.05, 0) is 40.2 Å². The number of pyridine rings is 1. The molecular formula is C22H15BrN4O5. The molecule has 4 aromatic rings. The fourth-order valence-corrected chi connectivity index (χ4v) is 3.87. The van der Waals surface area contributed by atoms with E-state index in [-0.39, 0.29) is 33.4 Å². The zero-order valence-electron chi connectivity index (χ0n) is 16.4. The molecule has 0 radical (unpaired) electrons. The summed E-state index contributed by atoms with van der Waals surface area (Å²) < 4.78 is 1.85. The van der Waals surface area contributed by atoms with E-state index in [9.17, 15) is 24.8 Å². The number of nitrogens with one attached hydrogen (secondary N) is 1. The van der Waals surface area contributed by atoms with Crippen LogP contribution in [0.1, 0.15) is 5.56 Å². The summed E-state index contributed by atoms with van der Waals surface area (Å²) in [6, 6.07) is 16.3. The van der Waals surface area contributed by atoms with Gasteiger partial charge in [-0.3, -0.25) is 19.7 Å². The van der Waals surface area contributed by atoms with Gasteiger partial charge < -0.3 is 9.67 Å². The van der Waals surface area contributed by atoms with Crippen molar-refractivity contribution in [3.63, 3.8) is 0 Å². The Kier molecular flexibility index (Phi) is 5.69. The number of hydrogen-bond donors (Lipinski definition) is 2. The third-order valence-corrected chi connectivity index (χ3v) is 5.47. The smallest absolute Gasteiger partial charge is 0.271 e. The number of rotatable bonds is 5. The first kappa shape index (κ1) is 21.2. The number of phenols is 1. The minimum atomic E-state index is -0.605. The highest BCUT2D eigenvalue weighted by Crippen LogP contribution is 2.31. The summed E-state index contributed by atoms with van der Waals surface area (Å²) in [6.07, 6.45) is 1.12. The summed E-state index contributed by atoms with van der Waals surface area (Å²) in [6.45, 7) is -0.122. The van der Waals surface area contributed by atoms with Gasteiger partial charge in [0.15, 0.2) is 5.43 Å². The lowest BCUT2D eigenvalue weighted by Crippen LogP contribution is -2.25. The average Bonchev–Trinajstić information content (AvgIpc) is 2.79. The van der Waals surface area contributed by atoms with E-state index < -0.39 is 10.8 Å². The molecule has 0 atom stereocenters. The quantitative estimate of drug-likeness (QED) is 0.189. The second-order valence-electron chi connectivity index (χ2n) is 6.87. The van der Waals surface area contributed by atoms with Crippen molar-refractivity contribution in [3.05, 3.63) is 91.0 Å². The molecule has 32 heavy (non-hydrogen) atoms. The van der Waals surface area contributed by atoms with Crippen molar-refractivity contribution in [2.75, 3.05) is 0 Å². The molecule has 0 aliphatic heterocycles. The van der Waals surface area contributed by atoms with Crippen LogP contribution in [0.4, 0.5) is 5.69 Å². The fraction of sp³-hybridized carbons (Fsp3) is 0.0455. The van der Waals surface area contributed by atoms with Gasteiger partial charge >= 0.3 is 0 Å². The number of nitro groups is 1. The van der Waals surface area contributed by atoms with Crippen LogP contribution >= 0.6 is 15.9 Å². The maximum atomic E-state index is 12.8. The van der Waals surface area contributed by atoms with Crippen molar-refractivity contribution >= 4 is 55.5 Å². The number of halogens is 1. The second kappa shape index (κ2) is 8.60. The number of para-hydroxylation sites is 2. The predicted molar refractivity (Wildman–Crippen MR) is 124 cm³/mol. The molecule has 2 N–H and O–H groups in total. The Morgan fingerprint density at radius 3 is 2.31 bits per heavy atom. The number of phenolic OH excluding ortho intramolecular Hbond substituents is 1. The van der Waals surface area contributed by atoms with Gasteiger partial charge in [0.1, 0.15) is 12.3 Å². The summed E-state index contributed by atoms with van der Waals surface area (Å²) in [4.78, 5) is 35.8. The molecule has 9 nitrogen and oxygen atoms in total. The van der Waals surface area contributed by atoms with Crippen molar-refractivity contribution < 1.29 is 14.8 Å². The van der Waals surface area contributed by atoms with Gasteiger partial charge in [0.2, 0.25) is 0 Å². The Labute approximate surface area is 188 Å². The molecular weight excluding hydrogens is 480 g/mol. The highest BCUT2D eigenvalue weighted by atomic mass is 79.9. The molecule has 0 bridgehead atoms. The molecule has 0 fully saturated rings. The van der Waals surface area contributed by atoms with E-state index in [2.05, 4.69) is 26.5 Å². The molecule has 4 rings (SSSR count). The molecule has 1 heterocycles. The van der Waals surface area contributed by atoms with Crippen molar-refractivity contribution in [2.24, 2.45) is 5.10 Å².